The van der Waals surface area contributed by atoms with Crippen LogP contribution in [0.15, 0.2) is 0 Å². The maximum Gasteiger partial charge on any atom is 0.328 e. The normalized spacial score (nSPS) is 43.3. The number of hydrogen-bond acceptors (Lipinski definition) is 6. The summed E-state index contributed by atoms with van der Waals surface area (Å²) in [5, 5.41) is 27.4. The predicted octanol–water partition coefficient (Wildman–Crippen LogP) is -2.35. The largest absolute Gasteiger partial charge is 0.394 e. The van der Waals surface area contributed by atoms with Gasteiger partial charge in [0.25, 0.3) is 0 Å². The molecule has 14 heavy (non-hydrogen) atoms. The number of aliphatic hydroxyl groups excluding tert-OH is 3. The van der Waals surface area contributed by atoms with E-state index in [9.17, 15) is 14.8 Å². The second kappa shape index (κ2) is 4.24. The molecule has 0 aromatic rings. The molecular formula is C6H13O7P. The highest BCUT2D eigenvalue weighted by Gasteiger charge is 2.44. The van der Waals surface area contributed by atoms with Crippen molar-refractivity contribution in [2.75, 3.05) is 12.8 Å². The van der Waals surface area contributed by atoms with Crippen molar-refractivity contribution in [3.8, 4) is 0 Å². The Morgan fingerprint density at radius 3 is 2.36 bits per heavy atom. The number of rotatable bonds is 4. The molecule has 1 heterocycles. The molecule has 84 valence electrons. The summed E-state index contributed by atoms with van der Waals surface area (Å²) in [7, 11) is -4.13. The van der Waals surface area contributed by atoms with Gasteiger partial charge < -0.3 is 29.8 Å². The van der Waals surface area contributed by atoms with E-state index in [-0.39, 0.29) is 0 Å². The molecule has 1 aliphatic rings. The van der Waals surface area contributed by atoms with Gasteiger partial charge in [-0.15, -0.1) is 0 Å². The van der Waals surface area contributed by atoms with E-state index in [4.69, 9.17) is 16.2 Å². The summed E-state index contributed by atoms with van der Waals surface area (Å²) in [4.78, 5) is 12.5. The van der Waals surface area contributed by atoms with Gasteiger partial charge in [0.15, 0.2) is 0 Å². The lowest BCUT2D eigenvalue weighted by atomic mass is 10.1. The summed E-state index contributed by atoms with van der Waals surface area (Å²) in [5.74, 6) is 0. The van der Waals surface area contributed by atoms with Gasteiger partial charge in [0.2, 0.25) is 1.43 Å². The quantitative estimate of drug-likeness (QED) is 0.341. The Morgan fingerprint density at radius 1 is 1.36 bits per heavy atom. The van der Waals surface area contributed by atoms with Crippen molar-refractivity contribution < 1.29 is 34.4 Å². The van der Waals surface area contributed by atoms with Crippen LogP contribution in [0.2, 0.25) is 0 Å². The molecule has 0 radical (unpaired) electrons. The summed E-state index contributed by atoms with van der Waals surface area (Å²) in [6.07, 6.45) is -5.41. The molecule has 0 aromatic heterocycles. The minimum absolute atomic E-state index is 0.508. The van der Waals surface area contributed by atoms with Gasteiger partial charge in [-0.2, -0.15) is 0 Å². The molecular weight excluding hydrogens is 215 g/mol. The van der Waals surface area contributed by atoms with Crippen LogP contribution in [0.25, 0.3) is 0 Å². The highest BCUT2D eigenvalue weighted by atomic mass is 31.2. The van der Waals surface area contributed by atoms with E-state index >= 15 is 0 Å². The Bertz CT molecular complexity index is 262. The molecule has 1 saturated heterocycles. The van der Waals surface area contributed by atoms with Gasteiger partial charge in [0.05, 0.1) is 18.9 Å². The lowest BCUT2D eigenvalue weighted by Crippen LogP contribution is -2.34. The van der Waals surface area contributed by atoms with Crippen molar-refractivity contribution in [1.82, 2.24) is 0 Å². The fourth-order valence-electron chi connectivity index (χ4n) is 1.35. The topological polar surface area (TPSA) is 127 Å². The summed E-state index contributed by atoms with van der Waals surface area (Å²) in [5.41, 5.74) is 0. The summed E-state index contributed by atoms with van der Waals surface area (Å²) in [6, 6.07) is 0. The average molecular weight is 229 g/mol. The zero-order valence-electron chi connectivity index (χ0n) is 8.18. The maximum absolute atomic E-state index is 11.0. The third kappa shape index (κ3) is 2.74. The fraction of sp³-hybridized carbons (Fsp3) is 1.00. The zero-order valence-corrected chi connectivity index (χ0v) is 8.08. The van der Waals surface area contributed by atoms with E-state index in [0.717, 1.165) is 0 Å². The fourth-order valence-corrected chi connectivity index (χ4v) is 2.11. The van der Waals surface area contributed by atoms with E-state index in [1.807, 2.05) is 0 Å². The number of hydrogen-bond donors (Lipinski definition) is 5. The molecule has 8 heteroatoms. The summed E-state index contributed by atoms with van der Waals surface area (Å²) >= 11 is 0. The minimum Gasteiger partial charge on any atom is -0.394 e. The molecule has 0 aliphatic carbocycles. The molecule has 1 unspecified atom stereocenters. The van der Waals surface area contributed by atoms with Crippen molar-refractivity contribution >= 4 is 7.60 Å². The van der Waals surface area contributed by atoms with Gasteiger partial charge >= 0.3 is 7.60 Å². The first-order chi connectivity index (χ1) is 6.91. The molecule has 0 spiro atoms. The third-order valence-corrected chi connectivity index (χ3v) is 2.87. The van der Waals surface area contributed by atoms with Gasteiger partial charge in [0.1, 0.15) is 18.3 Å². The van der Waals surface area contributed by atoms with E-state index in [1.165, 1.54) is 0 Å². The molecule has 0 saturated carbocycles. The first kappa shape index (κ1) is 10.5. The van der Waals surface area contributed by atoms with Crippen molar-refractivity contribution in [2.24, 2.45) is 0 Å². The molecule has 1 rings (SSSR count). The van der Waals surface area contributed by atoms with E-state index < -0.39 is 44.8 Å². The van der Waals surface area contributed by atoms with Crippen LogP contribution in [-0.2, 0) is 9.30 Å². The van der Waals surface area contributed by atoms with Crippen LogP contribution in [0.1, 0.15) is 0 Å². The Morgan fingerprint density at radius 2 is 1.93 bits per heavy atom. The number of ether oxygens (including phenoxy) is 1. The van der Waals surface area contributed by atoms with Crippen LogP contribution < -0.4 is 0 Å². The monoisotopic (exact) mass is 229 g/mol. The highest BCUT2D eigenvalue weighted by molar-refractivity contribution is 7.51. The van der Waals surface area contributed by atoms with Gasteiger partial charge in [-0.25, -0.2) is 0 Å². The first-order valence-corrected chi connectivity index (χ1v) is 5.76. The SMILES string of the molecule is [2H]OP(=O)(O)C[C@@H]1O[C@H](CO)[C@@H](O)[C@@H]1O. The van der Waals surface area contributed by atoms with Crippen molar-refractivity contribution in [1.29, 1.82) is 1.43 Å². The zero-order chi connectivity index (χ0) is 11.6. The summed E-state index contributed by atoms with van der Waals surface area (Å²) in [6.45, 7) is -0.508. The van der Waals surface area contributed by atoms with Crippen molar-refractivity contribution in [3.05, 3.63) is 0 Å². The number of aliphatic hydroxyl groups is 3. The molecule has 1 fully saturated rings. The van der Waals surface area contributed by atoms with Crippen molar-refractivity contribution in [3.63, 3.8) is 0 Å². The third-order valence-electron chi connectivity index (χ3n) is 2.05. The van der Waals surface area contributed by atoms with Crippen LogP contribution >= 0.6 is 7.60 Å². The second-order valence-electron chi connectivity index (χ2n) is 3.20. The standard InChI is InChI=1S/C6H13O7P/c7-1-3-5(8)6(9)4(13-3)2-14(10,11)12/h3-9H,1-2H2,(H2,10,11,12)/t3-,4+,5-,6-/m1/s1/i/hD. The van der Waals surface area contributed by atoms with Crippen LogP contribution in [0.5, 0.6) is 0 Å². The molecule has 1 aliphatic heterocycles. The first-order valence-electron chi connectivity index (χ1n) is 4.41. The van der Waals surface area contributed by atoms with Gasteiger partial charge in [-0.1, -0.05) is 0 Å². The highest BCUT2D eigenvalue weighted by Crippen LogP contribution is 2.38. The molecule has 5 N–H and O–H groups in total. The minimum atomic E-state index is -4.13. The predicted molar refractivity (Wildman–Crippen MR) is 44.7 cm³/mol. The molecule has 0 amide bonds. The smallest absolute Gasteiger partial charge is 0.328 e. The van der Waals surface area contributed by atoms with Crippen molar-refractivity contribution in [2.45, 2.75) is 24.4 Å². The Labute approximate surface area is 81.6 Å². The maximum atomic E-state index is 11.0. The molecule has 0 aromatic carbocycles. The lowest BCUT2D eigenvalue weighted by Gasteiger charge is -2.14. The molecule has 7 nitrogen and oxygen atoms in total. The Balaban J connectivity index is 2.62. The van der Waals surface area contributed by atoms with Gasteiger partial charge in [-0.3, -0.25) is 4.57 Å². The van der Waals surface area contributed by atoms with Crippen LogP contribution in [0.3, 0.4) is 0 Å². The van der Waals surface area contributed by atoms with E-state index in [1.54, 1.807) is 0 Å². The second-order valence-corrected chi connectivity index (χ2v) is 4.84. The van der Waals surface area contributed by atoms with Crippen LogP contribution in [-0.4, -0.2) is 63.7 Å². The average Bonchev–Trinajstić information content (AvgIpc) is 2.45. The molecule has 5 atom stereocenters. The Hall–Kier alpha value is -0.0100. The molecule has 0 bridgehead atoms. The van der Waals surface area contributed by atoms with E-state index in [0.29, 0.717) is 0 Å². The van der Waals surface area contributed by atoms with Gasteiger partial charge in [0, 0.05) is 0 Å². The van der Waals surface area contributed by atoms with Crippen LogP contribution in [0.4, 0.5) is 0 Å². The lowest BCUT2D eigenvalue weighted by molar-refractivity contribution is -0.0172. The Kier molecular flexibility index (Phi) is 3.18. The van der Waals surface area contributed by atoms with Gasteiger partial charge in [-0.05, 0) is 0 Å². The van der Waals surface area contributed by atoms with Crippen LogP contribution in [0, 0.1) is 0 Å². The van der Waals surface area contributed by atoms with E-state index in [2.05, 4.69) is 4.90 Å². The summed E-state index contributed by atoms with van der Waals surface area (Å²) < 4.78 is 22.2.